The molecule has 13 heavy (non-hydrogen) atoms. The number of hydrogen-bond donors (Lipinski definition) is 1. The highest BCUT2D eigenvalue weighted by Crippen LogP contribution is 2.42. The van der Waals surface area contributed by atoms with Crippen LogP contribution < -0.4 is 0 Å². The van der Waals surface area contributed by atoms with Crippen LogP contribution in [0, 0.1) is 5.41 Å². The van der Waals surface area contributed by atoms with E-state index < -0.39 is 0 Å². The molecule has 1 aliphatic rings. The van der Waals surface area contributed by atoms with E-state index in [9.17, 15) is 5.11 Å². The summed E-state index contributed by atoms with van der Waals surface area (Å²) in [6.45, 7) is 0.278. The topological polar surface area (TPSA) is 50.9 Å². The van der Waals surface area contributed by atoms with Crippen LogP contribution >= 0.6 is 0 Å². The van der Waals surface area contributed by atoms with Gasteiger partial charge in [0, 0.05) is 25.5 Å². The average Bonchev–Trinajstić information content (AvgIpc) is 2.44. The molecule has 1 aliphatic carbocycles. The van der Waals surface area contributed by atoms with Gasteiger partial charge in [-0.05, 0) is 12.8 Å². The lowest BCUT2D eigenvalue weighted by atomic mass is 9.67. The first-order valence-electron chi connectivity index (χ1n) is 4.69. The summed E-state index contributed by atoms with van der Waals surface area (Å²) in [6, 6.07) is 0. The fourth-order valence-electron chi connectivity index (χ4n) is 1.88. The summed E-state index contributed by atoms with van der Waals surface area (Å²) < 4.78 is 1.79. The van der Waals surface area contributed by atoms with E-state index in [0.29, 0.717) is 0 Å². The third-order valence-corrected chi connectivity index (χ3v) is 3.09. The Morgan fingerprint density at radius 3 is 2.77 bits per heavy atom. The van der Waals surface area contributed by atoms with E-state index in [-0.39, 0.29) is 12.0 Å². The molecule has 1 fully saturated rings. The van der Waals surface area contributed by atoms with Crippen LogP contribution in [-0.2, 0) is 13.5 Å². The Balaban J connectivity index is 2.08. The van der Waals surface area contributed by atoms with E-state index in [2.05, 4.69) is 10.1 Å². The summed E-state index contributed by atoms with van der Waals surface area (Å²) in [5.41, 5.74) is 0.112. The van der Waals surface area contributed by atoms with Gasteiger partial charge in [-0.2, -0.15) is 5.10 Å². The van der Waals surface area contributed by atoms with Crippen molar-refractivity contribution in [1.29, 1.82) is 0 Å². The number of hydrogen-bond acceptors (Lipinski definition) is 3. The van der Waals surface area contributed by atoms with E-state index in [4.69, 9.17) is 0 Å². The largest absolute Gasteiger partial charge is 0.396 e. The minimum absolute atomic E-state index is 0.112. The number of aliphatic hydroxyl groups is 1. The van der Waals surface area contributed by atoms with Gasteiger partial charge in [-0.3, -0.25) is 4.68 Å². The first-order valence-corrected chi connectivity index (χ1v) is 4.69. The Labute approximate surface area is 77.6 Å². The van der Waals surface area contributed by atoms with Gasteiger partial charge in [0.2, 0.25) is 0 Å². The Morgan fingerprint density at radius 2 is 2.38 bits per heavy atom. The van der Waals surface area contributed by atoms with E-state index in [1.54, 1.807) is 11.0 Å². The molecular weight excluding hydrogens is 166 g/mol. The fourth-order valence-corrected chi connectivity index (χ4v) is 1.88. The smallest absolute Gasteiger partial charge is 0.138 e. The molecule has 0 atom stereocenters. The molecule has 1 aromatic heterocycles. The lowest BCUT2D eigenvalue weighted by molar-refractivity contribution is 0.0423. The molecule has 4 heteroatoms. The zero-order valence-corrected chi connectivity index (χ0v) is 7.90. The predicted octanol–water partition coefficient (Wildman–Crippen LogP) is 0.520. The van der Waals surface area contributed by atoms with Gasteiger partial charge >= 0.3 is 0 Å². The lowest BCUT2D eigenvalue weighted by Crippen LogP contribution is -2.36. The molecule has 1 N–H and O–H groups in total. The van der Waals surface area contributed by atoms with E-state index >= 15 is 0 Å². The Hall–Kier alpha value is -0.900. The van der Waals surface area contributed by atoms with Gasteiger partial charge in [0.05, 0.1) is 0 Å². The maximum Gasteiger partial charge on any atom is 0.138 e. The molecule has 0 aliphatic heterocycles. The van der Waals surface area contributed by atoms with Crippen molar-refractivity contribution in [2.45, 2.75) is 25.7 Å². The van der Waals surface area contributed by atoms with Crippen molar-refractivity contribution in [3.63, 3.8) is 0 Å². The fraction of sp³-hybridized carbons (Fsp3) is 0.778. The number of aryl methyl sites for hydroxylation is 1. The van der Waals surface area contributed by atoms with Crippen LogP contribution in [0.4, 0.5) is 0 Å². The molecular formula is C9H15N3O. The molecule has 0 amide bonds. The van der Waals surface area contributed by atoms with E-state index in [0.717, 1.165) is 25.1 Å². The summed E-state index contributed by atoms with van der Waals surface area (Å²) in [5, 5.41) is 13.3. The van der Waals surface area contributed by atoms with Crippen LogP contribution in [0.3, 0.4) is 0 Å². The minimum Gasteiger partial charge on any atom is -0.396 e. The molecule has 0 bridgehead atoms. The second-order valence-corrected chi connectivity index (χ2v) is 3.99. The number of aromatic nitrogens is 3. The first kappa shape index (κ1) is 8.69. The Morgan fingerprint density at radius 1 is 1.62 bits per heavy atom. The maximum atomic E-state index is 9.27. The third-order valence-electron chi connectivity index (χ3n) is 3.09. The second kappa shape index (κ2) is 3.10. The average molecular weight is 181 g/mol. The van der Waals surface area contributed by atoms with Crippen molar-refractivity contribution < 1.29 is 5.11 Å². The minimum atomic E-state index is 0.112. The molecule has 0 spiro atoms. The molecule has 0 aromatic carbocycles. The Bertz CT molecular complexity index is 285. The van der Waals surface area contributed by atoms with Crippen LogP contribution in [0.15, 0.2) is 6.33 Å². The van der Waals surface area contributed by atoms with Gasteiger partial charge in [0.25, 0.3) is 0 Å². The quantitative estimate of drug-likeness (QED) is 0.739. The molecule has 0 unspecified atom stereocenters. The summed E-state index contributed by atoms with van der Waals surface area (Å²) in [4.78, 5) is 4.17. The van der Waals surface area contributed by atoms with E-state index in [1.807, 2.05) is 7.05 Å². The summed E-state index contributed by atoms with van der Waals surface area (Å²) in [6.07, 6.45) is 5.91. The zero-order valence-electron chi connectivity index (χ0n) is 7.90. The first-order chi connectivity index (χ1) is 6.26. The standard InChI is InChI=1S/C9H15N3O/c1-12-8(10-7-11-12)5-9(6-13)3-2-4-9/h7,13H,2-6H2,1H3. The lowest BCUT2D eigenvalue weighted by Gasteiger charge is -2.39. The third kappa shape index (κ3) is 1.46. The van der Waals surface area contributed by atoms with E-state index in [1.165, 1.54) is 6.42 Å². The molecule has 1 saturated carbocycles. The van der Waals surface area contributed by atoms with Gasteiger partial charge < -0.3 is 5.11 Å². The number of rotatable bonds is 3. The monoisotopic (exact) mass is 181 g/mol. The normalized spacial score (nSPS) is 19.8. The highest BCUT2D eigenvalue weighted by atomic mass is 16.3. The van der Waals surface area contributed by atoms with Gasteiger partial charge in [-0.25, -0.2) is 4.98 Å². The van der Waals surface area contributed by atoms with Crippen LogP contribution in [-0.4, -0.2) is 26.5 Å². The molecule has 0 radical (unpaired) electrons. The zero-order chi connectivity index (χ0) is 9.31. The molecule has 1 heterocycles. The van der Waals surface area contributed by atoms with Crippen LogP contribution in [0.1, 0.15) is 25.1 Å². The van der Waals surface area contributed by atoms with Crippen LogP contribution in [0.5, 0.6) is 0 Å². The Kier molecular flexibility index (Phi) is 2.07. The molecule has 72 valence electrons. The molecule has 1 aromatic rings. The SMILES string of the molecule is Cn1ncnc1CC1(CO)CCC1. The maximum absolute atomic E-state index is 9.27. The molecule has 4 nitrogen and oxygen atoms in total. The van der Waals surface area contributed by atoms with Crippen molar-refractivity contribution in [2.75, 3.05) is 6.61 Å². The summed E-state index contributed by atoms with van der Waals surface area (Å²) in [7, 11) is 1.89. The van der Waals surface area contributed by atoms with Crippen LogP contribution in [0.2, 0.25) is 0 Å². The predicted molar refractivity (Wildman–Crippen MR) is 48.1 cm³/mol. The second-order valence-electron chi connectivity index (χ2n) is 3.99. The molecule has 0 saturated heterocycles. The van der Waals surface area contributed by atoms with Crippen molar-refractivity contribution in [3.8, 4) is 0 Å². The summed E-state index contributed by atoms with van der Waals surface area (Å²) >= 11 is 0. The highest BCUT2D eigenvalue weighted by molar-refractivity contribution is 4.97. The van der Waals surface area contributed by atoms with Crippen molar-refractivity contribution >= 4 is 0 Å². The highest BCUT2D eigenvalue weighted by Gasteiger charge is 2.37. The number of nitrogens with zero attached hydrogens (tertiary/aromatic N) is 3. The van der Waals surface area contributed by atoms with Crippen molar-refractivity contribution in [3.05, 3.63) is 12.2 Å². The summed E-state index contributed by atoms with van der Waals surface area (Å²) in [5.74, 6) is 0.980. The number of aliphatic hydroxyl groups excluding tert-OH is 1. The van der Waals surface area contributed by atoms with Crippen LogP contribution in [0.25, 0.3) is 0 Å². The van der Waals surface area contributed by atoms with Gasteiger partial charge in [-0.1, -0.05) is 6.42 Å². The van der Waals surface area contributed by atoms with Gasteiger partial charge in [0.15, 0.2) is 0 Å². The molecule has 2 rings (SSSR count). The van der Waals surface area contributed by atoms with Gasteiger partial charge in [0.1, 0.15) is 12.2 Å². The van der Waals surface area contributed by atoms with Gasteiger partial charge in [-0.15, -0.1) is 0 Å². The van der Waals surface area contributed by atoms with Crippen molar-refractivity contribution in [1.82, 2.24) is 14.8 Å². The van der Waals surface area contributed by atoms with Crippen molar-refractivity contribution in [2.24, 2.45) is 12.5 Å².